The maximum absolute atomic E-state index is 13.1. The number of anilines is 2. The van der Waals surface area contributed by atoms with Crippen molar-refractivity contribution in [1.29, 1.82) is 0 Å². The fraction of sp³-hybridized carbons (Fsp3) is 0.240. The van der Waals surface area contributed by atoms with Gasteiger partial charge in [0, 0.05) is 13.1 Å². The van der Waals surface area contributed by atoms with E-state index in [1.165, 1.54) is 11.3 Å². The molecule has 0 saturated carbocycles. The number of imidazole rings is 1. The molecule has 33 heavy (non-hydrogen) atoms. The van der Waals surface area contributed by atoms with E-state index in [-0.39, 0.29) is 11.5 Å². The molecule has 7 nitrogen and oxygen atoms in total. The minimum atomic E-state index is -0.325. The van der Waals surface area contributed by atoms with Gasteiger partial charge in [-0.3, -0.25) is 4.79 Å². The van der Waals surface area contributed by atoms with Gasteiger partial charge in [0.2, 0.25) is 0 Å². The monoisotopic (exact) mass is 460 g/mol. The van der Waals surface area contributed by atoms with E-state index in [2.05, 4.69) is 28.6 Å². The summed E-state index contributed by atoms with van der Waals surface area (Å²) < 4.78 is 7.48. The second-order valence-corrected chi connectivity index (χ2v) is 8.60. The van der Waals surface area contributed by atoms with Gasteiger partial charge < -0.3 is 14.5 Å². The molecule has 4 aromatic rings. The molecule has 0 aliphatic carbocycles. The summed E-state index contributed by atoms with van der Waals surface area (Å²) in [5.74, 6) is 0.639. The normalized spacial score (nSPS) is 15.2. The summed E-state index contributed by atoms with van der Waals surface area (Å²) in [6, 6.07) is 13.3. The van der Waals surface area contributed by atoms with Crippen LogP contribution in [0.15, 0.2) is 59.2 Å². The minimum absolute atomic E-state index is 0.0632. The average molecular weight is 461 g/mol. The van der Waals surface area contributed by atoms with Gasteiger partial charge in [-0.15, -0.1) is 0 Å². The van der Waals surface area contributed by atoms with Crippen molar-refractivity contribution in [3.8, 4) is 0 Å². The average Bonchev–Trinajstić information content (AvgIpc) is 3.44. The van der Waals surface area contributed by atoms with Gasteiger partial charge in [0.05, 0.1) is 39.1 Å². The van der Waals surface area contributed by atoms with E-state index < -0.39 is 0 Å². The number of fused-ring (bicyclic) bond motifs is 4. The number of esters is 1. The smallest absolute Gasteiger partial charge is 0.338 e. The first kappa shape index (κ1) is 21.2. The van der Waals surface area contributed by atoms with E-state index >= 15 is 0 Å². The molecule has 0 spiro atoms. The van der Waals surface area contributed by atoms with Gasteiger partial charge in [-0.25, -0.2) is 14.2 Å². The predicted octanol–water partition coefficient (Wildman–Crippen LogP) is 3.79. The van der Waals surface area contributed by atoms with Crippen LogP contribution in [0.5, 0.6) is 0 Å². The highest BCUT2D eigenvalue weighted by atomic mass is 32.1. The van der Waals surface area contributed by atoms with Crippen LogP contribution in [0.2, 0.25) is 0 Å². The van der Waals surface area contributed by atoms with E-state index in [1.54, 1.807) is 17.4 Å². The van der Waals surface area contributed by atoms with Crippen LogP contribution in [0, 0.1) is 0 Å². The van der Waals surface area contributed by atoms with Crippen molar-refractivity contribution in [1.82, 2.24) is 9.38 Å². The summed E-state index contributed by atoms with van der Waals surface area (Å²) in [4.78, 5) is 35.0. The Morgan fingerprint density at radius 2 is 1.79 bits per heavy atom. The number of carbonyl (C=O) groups is 1. The topological polar surface area (TPSA) is 67.2 Å². The fourth-order valence-electron chi connectivity index (χ4n) is 4.32. The molecule has 0 amide bonds. The Morgan fingerprint density at radius 1 is 1.03 bits per heavy atom. The Morgan fingerprint density at radius 3 is 2.55 bits per heavy atom. The summed E-state index contributed by atoms with van der Waals surface area (Å²) in [7, 11) is 0. The Balaban J connectivity index is 1.60. The highest BCUT2D eigenvalue weighted by Gasteiger charge is 2.30. The zero-order valence-electron chi connectivity index (χ0n) is 18.7. The van der Waals surface area contributed by atoms with Crippen molar-refractivity contribution >= 4 is 50.8 Å². The van der Waals surface area contributed by atoms with E-state index in [0.717, 1.165) is 41.3 Å². The number of allylic oxidation sites excluding steroid dienone is 1. The maximum Gasteiger partial charge on any atom is 0.338 e. The molecule has 0 atom stereocenters. The lowest BCUT2D eigenvalue weighted by atomic mass is 10.1. The number of para-hydroxylation sites is 2. The third-order valence-electron chi connectivity index (χ3n) is 5.78. The number of ether oxygens (including phenoxy) is 1. The zero-order valence-corrected chi connectivity index (χ0v) is 19.6. The standard InChI is InChI=1S/C25H24N4O3S/c1-4-27-19-12-11-16(24(31)32-6-3)15-20(19)28(5-2)22(27)14-13-21-23(30)29-18-10-8-7-9-17(18)26-25(29)33-21/h7-15H,4-6H2,1-3H3/b21-13+,22-14+. The zero-order chi connectivity index (χ0) is 23.1. The van der Waals surface area contributed by atoms with Crippen molar-refractivity contribution in [2.75, 3.05) is 29.5 Å². The van der Waals surface area contributed by atoms with E-state index in [9.17, 15) is 9.59 Å². The molecule has 0 N–H and O–H groups in total. The molecule has 5 rings (SSSR count). The number of hydrogen-bond donors (Lipinski definition) is 0. The quantitative estimate of drug-likeness (QED) is 0.422. The van der Waals surface area contributed by atoms with Gasteiger partial charge in [0.15, 0.2) is 4.96 Å². The highest BCUT2D eigenvalue weighted by molar-refractivity contribution is 7.15. The molecule has 0 saturated heterocycles. The molecule has 1 aliphatic heterocycles. The molecule has 3 heterocycles. The number of thiazole rings is 1. The largest absolute Gasteiger partial charge is 0.462 e. The van der Waals surface area contributed by atoms with E-state index in [0.29, 0.717) is 21.7 Å². The van der Waals surface area contributed by atoms with Crippen molar-refractivity contribution in [2.45, 2.75) is 20.8 Å². The molecular formula is C25H24N4O3S. The summed E-state index contributed by atoms with van der Waals surface area (Å²) in [5, 5.41) is 0. The molecule has 168 valence electrons. The second kappa shape index (κ2) is 8.37. The van der Waals surface area contributed by atoms with Gasteiger partial charge in [-0.05, 0) is 63.3 Å². The van der Waals surface area contributed by atoms with Crippen molar-refractivity contribution in [3.05, 3.63) is 74.8 Å². The molecule has 8 heteroatoms. The Hall–Kier alpha value is -3.65. The summed E-state index contributed by atoms with van der Waals surface area (Å²) >= 11 is 1.39. The highest BCUT2D eigenvalue weighted by Crippen LogP contribution is 2.42. The van der Waals surface area contributed by atoms with Crippen LogP contribution in [0.3, 0.4) is 0 Å². The number of rotatable bonds is 5. The van der Waals surface area contributed by atoms with Crippen molar-refractivity contribution < 1.29 is 9.53 Å². The lowest BCUT2D eigenvalue weighted by Gasteiger charge is -2.23. The molecular weight excluding hydrogens is 436 g/mol. The van der Waals surface area contributed by atoms with Gasteiger partial charge >= 0.3 is 5.97 Å². The number of hydrogen-bond acceptors (Lipinski definition) is 7. The molecule has 2 aromatic heterocycles. The number of carbonyl (C=O) groups excluding carboxylic acids is 1. The minimum Gasteiger partial charge on any atom is -0.462 e. The van der Waals surface area contributed by atoms with Crippen LogP contribution in [0.1, 0.15) is 31.1 Å². The maximum atomic E-state index is 13.1. The van der Waals surface area contributed by atoms with Crippen LogP contribution in [-0.2, 0) is 4.74 Å². The first-order valence-corrected chi connectivity index (χ1v) is 11.9. The Bertz CT molecular complexity index is 1520. The Kier molecular flexibility index (Phi) is 5.38. The summed E-state index contributed by atoms with van der Waals surface area (Å²) in [6.07, 6.45) is 3.85. The third kappa shape index (κ3) is 3.38. The lowest BCUT2D eigenvalue weighted by molar-refractivity contribution is 0.0526. The first-order chi connectivity index (χ1) is 16.1. The molecule has 1 aliphatic rings. The molecule has 0 bridgehead atoms. The molecule has 0 fully saturated rings. The summed E-state index contributed by atoms with van der Waals surface area (Å²) in [5.41, 5.74) is 4.10. The Labute approximate surface area is 194 Å². The molecule has 0 radical (unpaired) electrons. The molecule has 0 unspecified atom stereocenters. The SMILES string of the molecule is CCOC(=O)c1ccc2c(c1)N(CC)/C(=C/C=c1/sc3nc4ccccc4n3c1=O)N2CC. The fourth-order valence-corrected chi connectivity index (χ4v) is 5.25. The van der Waals surface area contributed by atoms with Gasteiger partial charge in [0.1, 0.15) is 5.82 Å². The van der Waals surface area contributed by atoms with E-state index in [4.69, 9.17) is 4.74 Å². The number of benzene rings is 2. The predicted molar refractivity (Wildman–Crippen MR) is 133 cm³/mol. The van der Waals surface area contributed by atoms with Crippen LogP contribution in [-0.4, -0.2) is 35.1 Å². The van der Waals surface area contributed by atoms with Crippen molar-refractivity contribution in [3.63, 3.8) is 0 Å². The van der Waals surface area contributed by atoms with Crippen LogP contribution >= 0.6 is 11.3 Å². The van der Waals surface area contributed by atoms with Gasteiger partial charge in [-0.2, -0.15) is 0 Å². The first-order valence-electron chi connectivity index (χ1n) is 11.1. The molecule has 2 aromatic carbocycles. The number of nitrogens with zero attached hydrogens (tertiary/aromatic N) is 4. The summed E-state index contributed by atoms with van der Waals surface area (Å²) in [6.45, 7) is 7.76. The van der Waals surface area contributed by atoms with E-state index in [1.807, 2.05) is 48.6 Å². The van der Waals surface area contributed by atoms with Gasteiger partial charge in [-0.1, -0.05) is 23.5 Å². The number of aromatic nitrogens is 2. The van der Waals surface area contributed by atoms with Crippen LogP contribution in [0.25, 0.3) is 22.1 Å². The van der Waals surface area contributed by atoms with Gasteiger partial charge in [0.25, 0.3) is 5.56 Å². The second-order valence-electron chi connectivity index (χ2n) is 7.59. The third-order valence-corrected chi connectivity index (χ3v) is 6.77. The lowest BCUT2D eigenvalue weighted by Crippen LogP contribution is -2.28. The van der Waals surface area contributed by atoms with Crippen LogP contribution in [0.4, 0.5) is 11.4 Å². The van der Waals surface area contributed by atoms with Crippen molar-refractivity contribution in [2.24, 2.45) is 0 Å². The van der Waals surface area contributed by atoms with Crippen LogP contribution < -0.4 is 19.9 Å².